The fourth-order valence-electron chi connectivity index (χ4n) is 5.03. The Morgan fingerprint density at radius 2 is 1.89 bits per heavy atom. The minimum Gasteiger partial charge on any atom is -0.354 e. The van der Waals surface area contributed by atoms with Crippen LogP contribution in [-0.2, 0) is 20.2 Å². The monoisotopic (exact) mass is 390 g/mol. The molecule has 148 valence electrons. The molecule has 0 bridgehead atoms. The number of benzene rings is 1. The first-order valence-corrected chi connectivity index (χ1v) is 11.7. The van der Waals surface area contributed by atoms with Crippen LogP contribution in [0, 0.1) is 0 Å². The van der Waals surface area contributed by atoms with Gasteiger partial charge in [0.1, 0.15) is 0 Å². The van der Waals surface area contributed by atoms with E-state index in [-0.39, 0.29) is 28.5 Å². The van der Waals surface area contributed by atoms with Crippen LogP contribution in [0.1, 0.15) is 69.4 Å². The van der Waals surface area contributed by atoms with Gasteiger partial charge >= 0.3 is 0 Å². The molecule has 0 unspecified atom stereocenters. The van der Waals surface area contributed by atoms with Crippen LogP contribution in [0.2, 0.25) is 0 Å². The molecule has 2 aliphatic carbocycles. The molecule has 6 heteroatoms. The van der Waals surface area contributed by atoms with Crippen LogP contribution in [0.4, 0.5) is 0 Å². The molecule has 1 heterocycles. The number of piperidine rings is 1. The summed E-state index contributed by atoms with van der Waals surface area (Å²) < 4.78 is 26.9. The van der Waals surface area contributed by atoms with Crippen LogP contribution >= 0.6 is 0 Å². The first-order chi connectivity index (χ1) is 12.8. The molecule has 1 amide bonds. The van der Waals surface area contributed by atoms with Crippen molar-refractivity contribution in [3.63, 3.8) is 0 Å². The SMILES string of the molecule is CC(C)NC(=O)C[C@H]1CC2(CCN(S(=O)(=O)C3CC3)CC2)c2ccccc21. The van der Waals surface area contributed by atoms with Crippen molar-refractivity contribution in [2.75, 3.05) is 13.1 Å². The van der Waals surface area contributed by atoms with E-state index in [1.54, 1.807) is 4.31 Å². The molecule has 1 aromatic carbocycles. The molecule has 1 saturated carbocycles. The lowest BCUT2D eigenvalue weighted by Crippen LogP contribution is -2.45. The smallest absolute Gasteiger partial charge is 0.220 e. The number of carbonyl (C=O) groups is 1. The van der Waals surface area contributed by atoms with Crippen LogP contribution in [0.25, 0.3) is 0 Å². The lowest BCUT2D eigenvalue weighted by atomic mass is 9.73. The van der Waals surface area contributed by atoms with Gasteiger partial charge in [-0.1, -0.05) is 24.3 Å². The van der Waals surface area contributed by atoms with E-state index in [9.17, 15) is 13.2 Å². The summed E-state index contributed by atoms with van der Waals surface area (Å²) in [5.74, 6) is 0.335. The summed E-state index contributed by atoms with van der Waals surface area (Å²) in [6.07, 6.45) is 4.83. The molecule has 4 rings (SSSR count). The fraction of sp³-hybridized carbons (Fsp3) is 0.667. The van der Waals surface area contributed by atoms with Gasteiger partial charge < -0.3 is 5.32 Å². The minimum atomic E-state index is -3.09. The zero-order valence-corrected chi connectivity index (χ0v) is 17.1. The summed E-state index contributed by atoms with van der Waals surface area (Å²) >= 11 is 0. The largest absolute Gasteiger partial charge is 0.354 e. The third kappa shape index (κ3) is 3.54. The van der Waals surface area contributed by atoms with E-state index in [2.05, 4.69) is 29.6 Å². The summed E-state index contributed by atoms with van der Waals surface area (Å²) in [7, 11) is -3.09. The first-order valence-electron chi connectivity index (χ1n) is 10.2. The van der Waals surface area contributed by atoms with Gasteiger partial charge in [-0.15, -0.1) is 0 Å². The Hall–Kier alpha value is -1.40. The number of hydrogen-bond acceptors (Lipinski definition) is 3. The second kappa shape index (κ2) is 6.89. The molecule has 1 aliphatic heterocycles. The molecular weight excluding hydrogens is 360 g/mol. The van der Waals surface area contributed by atoms with Gasteiger partial charge in [0.15, 0.2) is 0 Å². The maximum Gasteiger partial charge on any atom is 0.220 e. The lowest BCUT2D eigenvalue weighted by molar-refractivity contribution is -0.122. The highest BCUT2D eigenvalue weighted by atomic mass is 32.2. The molecular formula is C21H30N2O3S. The van der Waals surface area contributed by atoms with Crippen molar-refractivity contribution in [3.8, 4) is 0 Å². The van der Waals surface area contributed by atoms with Crippen molar-refractivity contribution in [1.82, 2.24) is 9.62 Å². The molecule has 27 heavy (non-hydrogen) atoms. The third-order valence-corrected chi connectivity index (χ3v) is 8.87. The molecule has 3 aliphatic rings. The van der Waals surface area contributed by atoms with Gasteiger partial charge in [-0.05, 0) is 68.4 Å². The number of fused-ring (bicyclic) bond motifs is 2. The number of rotatable bonds is 5. The zero-order valence-electron chi connectivity index (χ0n) is 16.3. The molecule has 2 fully saturated rings. The summed E-state index contributed by atoms with van der Waals surface area (Å²) in [4.78, 5) is 12.4. The highest BCUT2D eigenvalue weighted by Crippen LogP contribution is 2.53. The van der Waals surface area contributed by atoms with Gasteiger partial charge in [-0.2, -0.15) is 0 Å². The molecule has 1 atom stereocenters. The van der Waals surface area contributed by atoms with Crippen molar-refractivity contribution < 1.29 is 13.2 Å². The summed E-state index contributed by atoms with van der Waals surface area (Å²) in [6.45, 7) is 5.19. The number of amides is 1. The van der Waals surface area contributed by atoms with Gasteiger partial charge in [0.2, 0.25) is 15.9 Å². The quantitative estimate of drug-likeness (QED) is 0.841. The summed E-state index contributed by atoms with van der Waals surface area (Å²) in [5.41, 5.74) is 2.65. The van der Waals surface area contributed by atoms with E-state index in [1.807, 2.05) is 13.8 Å². The average Bonchev–Trinajstić information content (AvgIpc) is 3.43. The third-order valence-electron chi connectivity index (χ3n) is 6.48. The van der Waals surface area contributed by atoms with Gasteiger partial charge in [0.05, 0.1) is 5.25 Å². The Labute approximate surface area is 162 Å². The van der Waals surface area contributed by atoms with Crippen molar-refractivity contribution in [2.45, 2.75) is 75.0 Å². The Balaban J connectivity index is 1.52. The number of carbonyl (C=O) groups excluding carboxylic acids is 1. The Kier molecular flexibility index (Phi) is 4.83. The second-order valence-corrected chi connectivity index (χ2v) is 11.1. The fourth-order valence-corrected chi connectivity index (χ4v) is 6.88. The Morgan fingerprint density at radius 1 is 1.22 bits per heavy atom. The van der Waals surface area contributed by atoms with Crippen LogP contribution in [0.3, 0.4) is 0 Å². The standard InChI is InChI=1S/C21H30N2O3S/c1-15(2)22-20(24)13-16-14-21(19-6-4-3-5-18(16)19)9-11-23(12-10-21)27(25,26)17-7-8-17/h3-6,15-17H,7-14H2,1-2H3,(H,22,24)/t16-/m0/s1. The Morgan fingerprint density at radius 3 is 2.52 bits per heavy atom. The minimum absolute atomic E-state index is 0.0228. The molecule has 0 aromatic heterocycles. The van der Waals surface area contributed by atoms with E-state index in [1.165, 1.54) is 11.1 Å². The topological polar surface area (TPSA) is 66.5 Å². The van der Waals surface area contributed by atoms with Crippen molar-refractivity contribution in [2.24, 2.45) is 0 Å². The maximum absolute atomic E-state index is 12.6. The van der Waals surface area contributed by atoms with Crippen LogP contribution < -0.4 is 5.32 Å². The van der Waals surface area contributed by atoms with Gasteiger partial charge in [0.25, 0.3) is 0 Å². The number of nitrogens with zero attached hydrogens (tertiary/aromatic N) is 1. The van der Waals surface area contributed by atoms with E-state index < -0.39 is 10.0 Å². The lowest BCUT2D eigenvalue weighted by Gasteiger charge is -2.40. The molecule has 1 saturated heterocycles. The summed E-state index contributed by atoms with van der Waals surface area (Å²) in [6, 6.07) is 8.63. The number of nitrogens with one attached hydrogen (secondary N) is 1. The van der Waals surface area contributed by atoms with E-state index in [0.717, 1.165) is 32.1 Å². The van der Waals surface area contributed by atoms with Crippen LogP contribution in [0.5, 0.6) is 0 Å². The molecule has 5 nitrogen and oxygen atoms in total. The number of hydrogen-bond donors (Lipinski definition) is 1. The molecule has 1 N–H and O–H groups in total. The molecule has 0 radical (unpaired) electrons. The highest BCUT2D eigenvalue weighted by Gasteiger charge is 2.49. The molecule has 1 spiro atoms. The highest BCUT2D eigenvalue weighted by molar-refractivity contribution is 7.90. The Bertz CT molecular complexity index is 822. The van der Waals surface area contributed by atoms with Crippen molar-refractivity contribution in [1.29, 1.82) is 0 Å². The van der Waals surface area contributed by atoms with E-state index >= 15 is 0 Å². The molecule has 1 aromatic rings. The zero-order chi connectivity index (χ0) is 19.2. The van der Waals surface area contributed by atoms with Gasteiger partial charge in [-0.3, -0.25) is 4.79 Å². The van der Waals surface area contributed by atoms with Crippen LogP contribution in [0.15, 0.2) is 24.3 Å². The van der Waals surface area contributed by atoms with E-state index in [4.69, 9.17) is 0 Å². The second-order valence-electron chi connectivity index (χ2n) is 8.84. The predicted molar refractivity (Wildman–Crippen MR) is 106 cm³/mol. The van der Waals surface area contributed by atoms with Crippen LogP contribution in [-0.4, -0.2) is 43.0 Å². The predicted octanol–water partition coefficient (Wildman–Crippen LogP) is 2.91. The number of sulfonamides is 1. The van der Waals surface area contributed by atoms with Gasteiger partial charge in [-0.25, -0.2) is 12.7 Å². The summed E-state index contributed by atoms with van der Waals surface area (Å²) in [5, 5.41) is 2.88. The van der Waals surface area contributed by atoms with Gasteiger partial charge in [0, 0.05) is 25.6 Å². The van der Waals surface area contributed by atoms with E-state index in [0.29, 0.717) is 19.5 Å². The normalized spacial score (nSPS) is 24.9. The average molecular weight is 391 g/mol. The first kappa shape index (κ1) is 18.9. The maximum atomic E-state index is 12.6. The van der Waals surface area contributed by atoms with Crippen molar-refractivity contribution >= 4 is 15.9 Å². The van der Waals surface area contributed by atoms with Crippen molar-refractivity contribution in [3.05, 3.63) is 35.4 Å².